The van der Waals surface area contributed by atoms with E-state index >= 15 is 0 Å². The number of benzene rings is 1. The van der Waals surface area contributed by atoms with E-state index in [1.165, 1.54) is 4.88 Å². The molecule has 2 nitrogen and oxygen atoms in total. The van der Waals surface area contributed by atoms with E-state index < -0.39 is 0 Å². The molecule has 0 saturated heterocycles. The molecule has 1 aromatic heterocycles. The second-order valence-corrected chi connectivity index (χ2v) is 7.02. The summed E-state index contributed by atoms with van der Waals surface area (Å²) in [7, 11) is 3.34. The summed E-state index contributed by atoms with van der Waals surface area (Å²) in [6.45, 7) is 0. The van der Waals surface area contributed by atoms with Crippen molar-refractivity contribution in [3.05, 3.63) is 44.6 Å². The zero-order chi connectivity index (χ0) is 13.1. The van der Waals surface area contributed by atoms with E-state index in [1.807, 2.05) is 24.3 Å². The molecule has 0 saturated carbocycles. The van der Waals surface area contributed by atoms with Gasteiger partial charge < -0.3 is 9.47 Å². The van der Waals surface area contributed by atoms with Gasteiger partial charge in [0, 0.05) is 10.4 Å². The maximum atomic E-state index is 5.40. The number of ether oxygens (including phenoxy) is 2. The maximum Gasteiger partial charge on any atom is 0.123 e. The highest BCUT2D eigenvalue weighted by atomic mass is 79.9. The lowest BCUT2D eigenvalue weighted by Gasteiger charge is -2.14. The molecule has 1 atom stereocenters. The van der Waals surface area contributed by atoms with Crippen molar-refractivity contribution >= 4 is 43.2 Å². The third kappa shape index (κ3) is 2.90. The van der Waals surface area contributed by atoms with E-state index in [9.17, 15) is 0 Å². The molecular formula is C13H12Br2O2S. The van der Waals surface area contributed by atoms with Gasteiger partial charge in [0.2, 0.25) is 0 Å². The lowest BCUT2D eigenvalue weighted by atomic mass is 10.1. The first-order valence-corrected chi connectivity index (χ1v) is 7.79. The molecule has 0 radical (unpaired) electrons. The van der Waals surface area contributed by atoms with Crippen molar-refractivity contribution in [2.45, 2.75) is 4.83 Å². The van der Waals surface area contributed by atoms with Crippen LogP contribution in [0.1, 0.15) is 15.3 Å². The number of methoxy groups -OCH3 is 2. The van der Waals surface area contributed by atoms with Gasteiger partial charge in [-0.25, -0.2) is 0 Å². The second kappa shape index (κ2) is 6.08. The highest BCUT2D eigenvalue weighted by Gasteiger charge is 2.17. The van der Waals surface area contributed by atoms with Crippen molar-refractivity contribution in [3.8, 4) is 11.5 Å². The third-order valence-corrected chi connectivity index (χ3v) is 5.53. The minimum atomic E-state index is 0.0962. The van der Waals surface area contributed by atoms with Crippen LogP contribution in [0.15, 0.2) is 34.1 Å². The monoisotopic (exact) mass is 390 g/mol. The van der Waals surface area contributed by atoms with Gasteiger partial charge >= 0.3 is 0 Å². The van der Waals surface area contributed by atoms with Crippen LogP contribution in [0.5, 0.6) is 11.5 Å². The molecule has 0 amide bonds. The zero-order valence-electron chi connectivity index (χ0n) is 9.94. The summed E-state index contributed by atoms with van der Waals surface area (Å²) in [6.07, 6.45) is 0. The molecule has 0 aliphatic heterocycles. The largest absolute Gasteiger partial charge is 0.497 e. The van der Waals surface area contributed by atoms with Crippen LogP contribution < -0.4 is 9.47 Å². The second-order valence-electron chi connectivity index (χ2n) is 3.61. The Balaban J connectivity index is 2.41. The van der Waals surface area contributed by atoms with Crippen LogP contribution in [-0.2, 0) is 0 Å². The average molecular weight is 392 g/mol. The SMILES string of the molecule is COc1ccc(OC)c(C(Br)c2ccc(Br)s2)c1. The van der Waals surface area contributed by atoms with E-state index in [0.717, 1.165) is 20.8 Å². The average Bonchev–Trinajstić information content (AvgIpc) is 2.83. The topological polar surface area (TPSA) is 18.5 Å². The van der Waals surface area contributed by atoms with E-state index in [0.29, 0.717) is 0 Å². The van der Waals surface area contributed by atoms with Gasteiger partial charge in [-0.1, -0.05) is 15.9 Å². The number of hydrogen-bond donors (Lipinski definition) is 0. The predicted octanol–water partition coefficient (Wildman–Crippen LogP) is 5.01. The van der Waals surface area contributed by atoms with E-state index in [2.05, 4.69) is 37.9 Å². The summed E-state index contributed by atoms with van der Waals surface area (Å²) in [5, 5.41) is 0. The first-order valence-electron chi connectivity index (χ1n) is 5.27. The minimum Gasteiger partial charge on any atom is -0.497 e. The van der Waals surface area contributed by atoms with Crippen molar-refractivity contribution in [2.75, 3.05) is 14.2 Å². The smallest absolute Gasteiger partial charge is 0.123 e. The van der Waals surface area contributed by atoms with Crippen molar-refractivity contribution in [1.29, 1.82) is 0 Å². The number of hydrogen-bond acceptors (Lipinski definition) is 3. The van der Waals surface area contributed by atoms with Gasteiger partial charge in [0.25, 0.3) is 0 Å². The standard InChI is InChI=1S/C13H12Br2O2S/c1-16-8-3-4-10(17-2)9(7-8)13(15)11-5-6-12(14)18-11/h3-7,13H,1-2H3. The fourth-order valence-electron chi connectivity index (χ4n) is 1.66. The summed E-state index contributed by atoms with van der Waals surface area (Å²) in [5.74, 6) is 1.67. The van der Waals surface area contributed by atoms with Gasteiger partial charge in [0.15, 0.2) is 0 Å². The first kappa shape index (κ1) is 13.9. The Morgan fingerprint density at radius 1 is 1.11 bits per heavy atom. The summed E-state index contributed by atoms with van der Waals surface area (Å²) in [6, 6.07) is 9.94. The van der Waals surface area contributed by atoms with Crippen LogP contribution in [0.2, 0.25) is 0 Å². The summed E-state index contributed by atoms with van der Waals surface area (Å²) >= 11 is 8.89. The Kier molecular flexibility index (Phi) is 4.70. The number of thiophene rings is 1. The van der Waals surface area contributed by atoms with E-state index in [1.54, 1.807) is 25.6 Å². The van der Waals surface area contributed by atoms with Crippen molar-refractivity contribution < 1.29 is 9.47 Å². The lowest BCUT2D eigenvalue weighted by molar-refractivity contribution is 0.399. The molecule has 5 heteroatoms. The fraction of sp³-hybridized carbons (Fsp3) is 0.231. The normalized spacial score (nSPS) is 12.2. The third-order valence-electron chi connectivity index (χ3n) is 2.55. The van der Waals surface area contributed by atoms with Gasteiger partial charge in [-0.3, -0.25) is 0 Å². The number of rotatable bonds is 4. The molecule has 0 spiro atoms. The molecule has 2 aromatic rings. The summed E-state index contributed by atoms with van der Waals surface area (Å²) in [4.78, 5) is 1.31. The molecule has 0 aliphatic rings. The van der Waals surface area contributed by atoms with Crippen molar-refractivity contribution in [1.82, 2.24) is 0 Å². The van der Waals surface area contributed by atoms with Gasteiger partial charge in [-0.05, 0) is 46.3 Å². The number of alkyl halides is 1. The Bertz CT molecular complexity index is 540. The Labute approximate surface area is 127 Å². The van der Waals surface area contributed by atoms with Gasteiger partial charge in [0.1, 0.15) is 11.5 Å². The van der Waals surface area contributed by atoms with Crippen LogP contribution in [0.25, 0.3) is 0 Å². The summed E-state index contributed by atoms with van der Waals surface area (Å²) < 4.78 is 11.8. The molecule has 1 heterocycles. The fourth-order valence-corrected chi connectivity index (χ4v) is 3.87. The highest BCUT2D eigenvalue weighted by molar-refractivity contribution is 9.11. The van der Waals surface area contributed by atoms with Crippen molar-refractivity contribution in [3.63, 3.8) is 0 Å². The molecule has 1 unspecified atom stereocenters. The van der Waals surface area contributed by atoms with E-state index in [4.69, 9.17) is 9.47 Å². The lowest BCUT2D eigenvalue weighted by Crippen LogP contribution is -1.96. The van der Waals surface area contributed by atoms with E-state index in [-0.39, 0.29) is 4.83 Å². The maximum absolute atomic E-state index is 5.40. The summed E-state index contributed by atoms with van der Waals surface area (Å²) in [5.41, 5.74) is 1.06. The highest BCUT2D eigenvalue weighted by Crippen LogP contribution is 2.41. The molecular weight excluding hydrogens is 380 g/mol. The van der Waals surface area contributed by atoms with Crippen LogP contribution in [0.4, 0.5) is 0 Å². The van der Waals surface area contributed by atoms with Crippen molar-refractivity contribution in [2.24, 2.45) is 0 Å². The molecule has 18 heavy (non-hydrogen) atoms. The van der Waals surface area contributed by atoms with Crippen LogP contribution in [0.3, 0.4) is 0 Å². The minimum absolute atomic E-state index is 0.0962. The Morgan fingerprint density at radius 3 is 2.44 bits per heavy atom. The van der Waals surface area contributed by atoms with Gasteiger partial charge in [-0.2, -0.15) is 0 Å². The van der Waals surface area contributed by atoms with Crippen LogP contribution >= 0.6 is 43.2 Å². The Morgan fingerprint density at radius 2 is 1.89 bits per heavy atom. The molecule has 0 N–H and O–H groups in total. The Hall–Kier alpha value is -0.520. The predicted molar refractivity (Wildman–Crippen MR) is 82.3 cm³/mol. The first-order chi connectivity index (χ1) is 8.65. The molecule has 96 valence electrons. The van der Waals surface area contributed by atoms with Gasteiger partial charge in [-0.15, -0.1) is 11.3 Å². The molecule has 0 bridgehead atoms. The van der Waals surface area contributed by atoms with Crippen LogP contribution in [-0.4, -0.2) is 14.2 Å². The molecule has 0 aliphatic carbocycles. The quantitative estimate of drug-likeness (QED) is 0.681. The zero-order valence-corrected chi connectivity index (χ0v) is 13.9. The molecule has 1 aromatic carbocycles. The molecule has 2 rings (SSSR count). The molecule has 0 fully saturated rings. The van der Waals surface area contributed by atoms with Crippen LogP contribution in [0, 0.1) is 0 Å². The number of halogens is 2. The van der Waals surface area contributed by atoms with Gasteiger partial charge in [0.05, 0.1) is 22.8 Å².